The van der Waals surface area contributed by atoms with Crippen molar-refractivity contribution in [2.75, 3.05) is 46.8 Å². The summed E-state index contributed by atoms with van der Waals surface area (Å²) in [6.45, 7) is 3.24. The maximum Gasteiger partial charge on any atom is 0.416 e. The minimum absolute atomic E-state index is 0.0433. The van der Waals surface area contributed by atoms with Gasteiger partial charge in [-0.05, 0) is 55.0 Å². The highest BCUT2D eigenvalue weighted by Gasteiger charge is 2.31. The molecule has 0 aliphatic carbocycles. The molecular formula is C30H40F3N7O2. The van der Waals surface area contributed by atoms with Crippen LogP contribution in [-0.4, -0.2) is 85.1 Å². The number of para-hydroxylation sites is 1. The van der Waals surface area contributed by atoms with Crippen LogP contribution in [0.2, 0.25) is 0 Å². The van der Waals surface area contributed by atoms with Gasteiger partial charge in [-0.3, -0.25) is 14.8 Å². The van der Waals surface area contributed by atoms with Crippen LogP contribution in [0.3, 0.4) is 0 Å². The van der Waals surface area contributed by atoms with Gasteiger partial charge in [-0.1, -0.05) is 30.3 Å². The summed E-state index contributed by atoms with van der Waals surface area (Å²) in [6.07, 6.45) is -2.06. The molecule has 1 unspecified atom stereocenters. The lowest BCUT2D eigenvalue weighted by molar-refractivity contribution is -0.907. The number of aromatic nitrogens is 1. The van der Waals surface area contributed by atoms with E-state index in [2.05, 4.69) is 17.0 Å². The molecule has 0 bridgehead atoms. The zero-order chi connectivity index (χ0) is 30.9. The number of rotatable bonds is 14. The SMILES string of the molecule is CN(C(=O)[C@@H](N)CCC[N+](C)(CCN)CCN)C(Cc1ccc(C(F)(F)F)cc1)C([O-])=Nc1cnc2ccccc2c1. The lowest BCUT2D eigenvalue weighted by Crippen LogP contribution is -2.54. The average Bonchev–Trinajstić information content (AvgIpc) is 2.95. The average molecular weight is 588 g/mol. The molecule has 9 nitrogen and oxygen atoms in total. The third-order valence-electron chi connectivity index (χ3n) is 7.49. The van der Waals surface area contributed by atoms with Gasteiger partial charge in [0.05, 0.1) is 61.7 Å². The van der Waals surface area contributed by atoms with E-state index in [4.69, 9.17) is 17.2 Å². The van der Waals surface area contributed by atoms with Gasteiger partial charge in [0.25, 0.3) is 0 Å². The van der Waals surface area contributed by atoms with E-state index >= 15 is 0 Å². The quantitative estimate of drug-likeness (QED) is 0.150. The van der Waals surface area contributed by atoms with Crippen molar-refractivity contribution in [3.8, 4) is 0 Å². The third kappa shape index (κ3) is 8.96. The minimum Gasteiger partial charge on any atom is -0.860 e. The molecule has 3 aromatic rings. The Morgan fingerprint density at radius 2 is 1.71 bits per heavy atom. The van der Waals surface area contributed by atoms with Gasteiger partial charge < -0.3 is 31.7 Å². The van der Waals surface area contributed by atoms with E-state index in [-0.39, 0.29) is 6.42 Å². The fourth-order valence-corrected chi connectivity index (χ4v) is 4.96. The number of carbonyl (C=O) groups is 1. The molecule has 0 aliphatic rings. The Kier molecular flexibility index (Phi) is 11.4. The number of hydrogen-bond donors (Lipinski definition) is 3. The summed E-state index contributed by atoms with van der Waals surface area (Å²) in [5, 5.41) is 14.3. The molecule has 0 saturated heterocycles. The first-order valence-electron chi connectivity index (χ1n) is 13.9. The van der Waals surface area contributed by atoms with Gasteiger partial charge in [-0.25, -0.2) is 0 Å². The predicted octanol–water partition coefficient (Wildman–Crippen LogP) is 2.19. The molecular weight excluding hydrogens is 547 g/mol. The lowest BCUT2D eigenvalue weighted by Gasteiger charge is -2.35. The van der Waals surface area contributed by atoms with Gasteiger partial charge in [-0.15, -0.1) is 0 Å². The fourth-order valence-electron chi connectivity index (χ4n) is 4.96. The number of nitrogens with two attached hydrogens (primary N) is 3. The minimum atomic E-state index is -4.49. The Morgan fingerprint density at radius 1 is 1.07 bits per heavy atom. The second-order valence-corrected chi connectivity index (χ2v) is 10.8. The number of benzene rings is 2. The molecule has 1 amide bonds. The third-order valence-corrected chi connectivity index (χ3v) is 7.49. The molecule has 6 N–H and O–H groups in total. The number of alkyl halides is 3. The summed E-state index contributed by atoms with van der Waals surface area (Å²) < 4.78 is 39.9. The number of amides is 1. The van der Waals surface area contributed by atoms with Crippen molar-refractivity contribution in [2.45, 2.75) is 37.5 Å². The van der Waals surface area contributed by atoms with E-state index in [1.165, 1.54) is 30.3 Å². The van der Waals surface area contributed by atoms with E-state index in [0.717, 1.165) is 42.7 Å². The number of likely N-dealkylation sites (N-methyl/N-ethyl adjacent to an activating group) is 2. The van der Waals surface area contributed by atoms with Crippen LogP contribution in [0.15, 0.2) is 65.8 Å². The van der Waals surface area contributed by atoms with Crippen LogP contribution in [-0.2, 0) is 17.4 Å². The summed E-state index contributed by atoms with van der Waals surface area (Å²) in [5.41, 5.74) is 18.5. The van der Waals surface area contributed by atoms with Gasteiger partial charge in [0.1, 0.15) is 0 Å². The zero-order valence-electron chi connectivity index (χ0n) is 24.1. The normalized spacial score (nSPS) is 14.1. The molecule has 2 aromatic carbocycles. The Balaban J connectivity index is 1.83. The number of fused-ring (bicyclic) bond motifs is 1. The molecule has 0 saturated carbocycles. The Morgan fingerprint density at radius 3 is 2.33 bits per heavy atom. The first-order chi connectivity index (χ1) is 19.9. The molecule has 42 heavy (non-hydrogen) atoms. The van der Waals surface area contributed by atoms with Crippen molar-refractivity contribution < 1.29 is 27.6 Å². The van der Waals surface area contributed by atoms with Crippen molar-refractivity contribution in [3.05, 3.63) is 71.9 Å². The number of quaternary nitrogens is 1. The second-order valence-electron chi connectivity index (χ2n) is 10.8. The second kappa shape index (κ2) is 14.5. The highest BCUT2D eigenvalue weighted by Crippen LogP contribution is 2.29. The molecule has 0 aliphatic heterocycles. The molecule has 1 aromatic heterocycles. The Labute approximate surface area is 244 Å². The van der Waals surface area contributed by atoms with Crippen molar-refractivity contribution >= 4 is 28.4 Å². The summed E-state index contributed by atoms with van der Waals surface area (Å²) in [5.74, 6) is -1.09. The van der Waals surface area contributed by atoms with Gasteiger partial charge in [0.2, 0.25) is 5.91 Å². The lowest BCUT2D eigenvalue weighted by atomic mass is 10.0. The van der Waals surface area contributed by atoms with Crippen LogP contribution in [0.5, 0.6) is 0 Å². The molecule has 0 spiro atoms. The summed E-state index contributed by atoms with van der Waals surface area (Å²) >= 11 is 0. The van der Waals surface area contributed by atoms with Crippen molar-refractivity contribution in [2.24, 2.45) is 22.2 Å². The molecule has 1 heterocycles. The number of aliphatic imine (C=N–C) groups is 1. The summed E-state index contributed by atoms with van der Waals surface area (Å²) in [6, 6.07) is 11.6. The predicted molar refractivity (Wildman–Crippen MR) is 157 cm³/mol. The molecule has 12 heteroatoms. The van der Waals surface area contributed by atoms with Crippen LogP contribution in [0.4, 0.5) is 18.9 Å². The van der Waals surface area contributed by atoms with Crippen LogP contribution in [0, 0.1) is 0 Å². The molecule has 228 valence electrons. The first-order valence-corrected chi connectivity index (χ1v) is 13.9. The van der Waals surface area contributed by atoms with E-state index in [1.807, 2.05) is 24.3 Å². The molecule has 0 fully saturated rings. The number of hydrogen-bond acceptors (Lipinski definition) is 7. The largest absolute Gasteiger partial charge is 0.860 e. The Hall–Kier alpha value is -3.58. The summed E-state index contributed by atoms with van der Waals surface area (Å²) in [4.78, 5) is 23.2. The highest BCUT2D eigenvalue weighted by atomic mass is 19.4. The number of nitrogens with zero attached hydrogens (tertiary/aromatic N) is 4. The van der Waals surface area contributed by atoms with E-state index in [1.54, 1.807) is 6.07 Å². The van der Waals surface area contributed by atoms with Crippen LogP contribution in [0.1, 0.15) is 24.0 Å². The van der Waals surface area contributed by atoms with Crippen LogP contribution < -0.4 is 22.3 Å². The number of carbonyl (C=O) groups excluding carboxylic acids is 1. The number of halogens is 3. The fraction of sp³-hybridized carbons (Fsp3) is 0.433. The van der Waals surface area contributed by atoms with Crippen LogP contribution >= 0.6 is 0 Å². The first kappa shape index (κ1) is 32.9. The Bertz CT molecular complexity index is 1340. The monoisotopic (exact) mass is 587 g/mol. The summed E-state index contributed by atoms with van der Waals surface area (Å²) in [7, 11) is 3.52. The van der Waals surface area contributed by atoms with Gasteiger partial charge >= 0.3 is 6.18 Å². The van der Waals surface area contributed by atoms with Crippen molar-refractivity contribution in [1.29, 1.82) is 0 Å². The molecule has 0 radical (unpaired) electrons. The molecule has 2 atom stereocenters. The highest BCUT2D eigenvalue weighted by molar-refractivity contribution is 5.90. The smallest absolute Gasteiger partial charge is 0.416 e. The van der Waals surface area contributed by atoms with E-state index in [0.29, 0.717) is 41.7 Å². The van der Waals surface area contributed by atoms with Crippen molar-refractivity contribution in [3.63, 3.8) is 0 Å². The van der Waals surface area contributed by atoms with E-state index in [9.17, 15) is 23.1 Å². The van der Waals surface area contributed by atoms with Crippen LogP contribution in [0.25, 0.3) is 10.9 Å². The topological polar surface area (TPSA) is 147 Å². The zero-order valence-corrected chi connectivity index (χ0v) is 24.1. The number of pyridine rings is 1. The van der Waals surface area contributed by atoms with Crippen molar-refractivity contribution in [1.82, 2.24) is 9.88 Å². The van der Waals surface area contributed by atoms with Gasteiger partial charge in [0.15, 0.2) is 0 Å². The van der Waals surface area contributed by atoms with Gasteiger partial charge in [0, 0.05) is 25.5 Å². The molecule has 3 rings (SSSR count). The van der Waals surface area contributed by atoms with Gasteiger partial charge in [-0.2, -0.15) is 13.2 Å². The maximum atomic E-state index is 13.5. The van der Waals surface area contributed by atoms with E-state index < -0.39 is 35.6 Å². The standard InChI is InChI=1S/C30H40F3N7O2/c1-39(29(42)25(36)7-5-15-40(2,16-13-34)17-14-35)27(18-21-9-11-23(12-10-21)30(31,32)33)28(41)38-24-19-22-6-3-4-8-26(22)37-20-24/h3-4,6,8-12,19-20,25,27H,5,7,13-18,34-36H2,1-2H3/t25-,27?/m0/s1. The maximum absolute atomic E-state index is 13.5.